The van der Waals surface area contributed by atoms with Gasteiger partial charge < -0.3 is 10.5 Å². The number of hydrogen-bond donors (Lipinski definition) is 1. The summed E-state index contributed by atoms with van der Waals surface area (Å²) in [5.74, 6) is 0. The number of fused-ring (bicyclic) bond motifs is 1. The van der Waals surface area contributed by atoms with Gasteiger partial charge in [0.15, 0.2) is 0 Å². The molecule has 0 bridgehead atoms. The molecule has 0 radical (unpaired) electrons. The first-order chi connectivity index (χ1) is 7.79. The Morgan fingerprint density at radius 2 is 1.88 bits per heavy atom. The molecule has 2 heteroatoms. The molecule has 2 aromatic rings. The Bertz CT molecular complexity index is 467. The topological polar surface area (TPSA) is 35.2 Å². The minimum absolute atomic E-state index is 0.0752. The fraction of sp³-hybridized carbons (Fsp3) is 0.286. The van der Waals surface area contributed by atoms with Crippen LogP contribution in [-0.4, -0.2) is 19.8 Å². The van der Waals surface area contributed by atoms with Gasteiger partial charge in [-0.05, 0) is 22.8 Å². The second-order valence-corrected chi connectivity index (χ2v) is 4.10. The summed E-state index contributed by atoms with van der Waals surface area (Å²) in [4.78, 5) is 0. The van der Waals surface area contributed by atoms with Crippen molar-refractivity contribution < 1.29 is 4.74 Å². The molecule has 16 heavy (non-hydrogen) atoms. The van der Waals surface area contributed by atoms with E-state index in [1.807, 2.05) is 0 Å². The van der Waals surface area contributed by atoms with Gasteiger partial charge in [-0.1, -0.05) is 42.5 Å². The maximum atomic E-state index is 5.94. The molecule has 0 aromatic heterocycles. The first kappa shape index (κ1) is 11.1. The number of ether oxygens (including phenoxy) is 1. The van der Waals surface area contributed by atoms with E-state index in [-0.39, 0.29) is 6.04 Å². The fourth-order valence-corrected chi connectivity index (χ4v) is 1.94. The van der Waals surface area contributed by atoms with E-state index in [9.17, 15) is 0 Å². The minimum Gasteiger partial charge on any atom is -0.383 e. The third-order valence-corrected chi connectivity index (χ3v) is 2.69. The number of nitrogens with two attached hydrogens (primary N) is 1. The molecule has 2 rings (SSSR count). The molecule has 0 heterocycles. The van der Waals surface area contributed by atoms with Crippen LogP contribution in [0.25, 0.3) is 10.8 Å². The monoisotopic (exact) mass is 215 g/mol. The largest absolute Gasteiger partial charge is 0.383 e. The number of methoxy groups -OCH3 is 1. The van der Waals surface area contributed by atoms with Crippen molar-refractivity contribution in [1.29, 1.82) is 0 Å². The quantitative estimate of drug-likeness (QED) is 0.849. The first-order valence-electron chi connectivity index (χ1n) is 5.52. The van der Waals surface area contributed by atoms with E-state index in [4.69, 9.17) is 10.5 Å². The molecule has 0 spiro atoms. The molecule has 0 saturated carbocycles. The lowest BCUT2D eigenvalue weighted by Gasteiger charge is -2.10. The van der Waals surface area contributed by atoms with Gasteiger partial charge >= 0.3 is 0 Å². The highest BCUT2D eigenvalue weighted by Crippen LogP contribution is 2.16. The Labute approximate surface area is 96.0 Å². The highest BCUT2D eigenvalue weighted by atomic mass is 16.5. The average molecular weight is 215 g/mol. The molecule has 0 saturated heterocycles. The highest BCUT2D eigenvalue weighted by Gasteiger charge is 2.03. The van der Waals surface area contributed by atoms with Gasteiger partial charge in [-0.3, -0.25) is 0 Å². The normalized spacial score (nSPS) is 12.9. The molecule has 2 aromatic carbocycles. The van der Waals surface area contributed by atoms with Crippen molar-refractivity contribution in [2.45, 2.75) is 12.5 Å². The zero-order valence-electron chi connectivity index (χ0n) is 9.52. The van der Waals surface area contributed by atoms with Gasteiger partial charge in [0, 0.05) is 13.2 Å². The van der Waals surface area contributed by atoms with Crippen LogP contribution in [0.15, 0.2) is 42.5 Å². The van der Waals surface area contributed by atoms with Crippen molar-refractivity contribution in [2.75, 3.05) is 13.7 Å². The van der Waals surface area contributed by atoms with Crippen LogP contribution in [0, 0.1) is 0 Å². The second-order valence-electron chi connectivity index (χ2n) is 4.10. The smallest absolute Gasteiger partial charge is 0.0616 e. The number of benzene rings is 2. The summed E-state index contributed by atoms with van der Waals surface area (Å²) in [6.07, 6.45) is 0.860. The van der Waals surface area contributed by atoms with Crippen molar-refractivity contribution in [2.24, 2.45) is 5.73 Å². The van der Waals surface area contributed by atoms with Gasteiger partial charge in [0.1, 0.15) is 0 Å². The Balaban J connectivity index is 2.19. The SMILES string of the molecule is COC[C@@H](N)Cc1ccc2ccccc2c1. The number of rotatable bonds is 4. The van der Waals surface area contributed by atoms with E-state index >= 15 is 0 Å². The second kappa shape index (κ2) is 5.10. The third kappa shape index (κ3) is 2.60. The summed E-state index contributed by atoms with van der Waals surface area (Å²) in [7, 11) is 1.68. The molecular formula is C14H17NO. The maximum Gasteiger partial charge on any atom is 0.0616 e. The van der Waals surface area contributed by atoms with Crippen LogP contribution in [0.1, 0.15) is 5.56 Å². The van der Waals surface area contributed by atoms with Crippen LogP contribution in [-0.2, 0) is 11.2 Å². The van der Waals surface area contributed by atoms with Crippen LogP contribution in [0.5, 0.6) is 0 Å². The van der Waals surface area contributed by atoms with E-state index in [0.29, 0.717) is 6.61 Å². The predicted molar refractivity (Wildman–Crippen MR) is 67.5 cm³/mol. The molecule has 0 aliphatic rings. The summed E-state index contributed by atoms with van der Waals surface area (Å²) in [6.45, 7) is 0.604. The van der Waals surface area contributed by atoms with Crippen molar-refractivity contribution in [3.05, 3.63) is 48.0 Å². The molecule has 84 valence electrons. The zero-order valence-corrected chi connectivity index (χ0v) is 9.52. The average Bonchev–Trinajstić information content (AvgIpc) is 2.29. The van der Waals surface area contributed by atoms with Crippen molar-refractivity contribution in [3.8, 4) is 0 Å². The molecular weight excluding hydrogens is 198 g/mol. The van der Waals surface area contributed by atoms with Gasteiger partial charge in [-0.2, -0.15) is 0 Å². The molecule has 1 atom stereocenters. The van der Waals surface area contributed by atoms with Crippen LogP contribution in [0.4, 0.5) is 0 Å². The minimum atomic E-state index is 0.0752. The van der Waals surface area contributed by atoms with Gasteiger partial charge in [0.05, 0.1) is 6.61 Å². The van der Waals surface area contributed by atoms with Crippen LogP contribution in [0.3, 0.4) is 0 Å². The fourth-order valence-electron chi connectivity index (χ4n) is 1.94. The number of hydrogen-bond acceptors (Lipinski definition) is 2. The Morgan fingerprint density at radius 1 is 1.12 bits per heavy atom. The third-order valence-electron chi connectivity index (χ3n) is 2.69. The van der Waals surface area contributed by atoms with E-state index in [2.05, 4.69) is 42.5 Å². The van der Waals surface area contributed by atoms with E-state index < -0.39 is 0 Å². The molecule has 2 N–H and O–H groups in total. The van der Waals surface area contributed by atoms with Gasteiger partial charge in [0.2, 0.25) is 0 Å². The molecule has 2 nitrogen and oxygen atoms in total. The van der Waals surface area contributed by atoms with Crippen molar-refractivity contribution >= 4 is 10.8 Å². The maximum absolute atomic E-state index is 5.94. The van der Waals surface area contributed by atoms with Crippen LogP contribution >= 0.6 is 0 Å². The van der Waals surface area contributed by atoms with Crippen LogP contribution in [0.2, 0.25) is 0 Å². The molecule has 0 aliphatic carbocycles. The van der Waals surface area contributed by atoms with Gasteiger partial charge in [-0.25, -0.2) is 0 Å². The summed E-state index contributed by atoms with van der Waals surface area (Å²) in [5.41, 5.74) is 7.20. The van der Waals surface area contributed by atoms with Crippen LogP contribution < -0.4 is 5.73 Å². The lowest BCUT2D eigenvalue weighted by atomic mass is 10.0. The van der Waals surface area contributed by atoms with Crippen molar-refractivity contribution in [1.82, 2.24) is 0 Å². The highest BCUT2D eigenvalue weighted by molar-refractivity contribution is 5.82. The first-order valence-corrected chi connectivity index (χ1v) is 5.52. The van der Waals surface area contributed by atoms with E-state index in [1.165, 1.54) is 16.3 Å². The van der Waals surface area contributed by atoms with Crippen molar-refractivity contribution in [3.63, 3.8) is 0 Å². The Hall–Kier alpha value is -1.38. The summed E-state index contributed by atoms with van der Waals surface area (Å²) in [6, 6.07) is 14.9. The Morgan fingerprint density at radius 3 is 2.62 bits per heavy atom. The lowest BCUT2D eigenvalue weighted by Crippen LogP contribution is -2.27. The lowest BCUT2D eigenvalue weighted by molar-refractivity contribution is 0.180. The standard InChI is InChI=1S/C14H17NO/c1-16-10-14(15)9-11-6-7-12-4-2-3-5-13(12)8-11/h2-8,14H,9-10,15H2,1H3/t14-/m0/s1. The molecule has 0 amide bonds. The van der Waals surface area contributed by atoms with E-state index in [0.717, 1.165) is 6.42 Å². The van der Waals surface area contributed by atoms with Gasteiger partial charge in [0.25, 0.3) is 0 Å². The molecule has 0 aliphatic heterocycles. The zero-order chi connectivity index (χ0) is 11.4. The van der Waals surface area contributed by atoms with E-state index in [1.54, 1.807) is 7.11 Å². The predicted octanol–water partition coefficient (Wildman–Crippen LogP) is 2.36. The molecule has 0 unspecified atom stereocenters. The summed E-state index contributed by atoms with van der Waals surface area (Å²) < 4.78 is 5.04. The summed E-state index contributed by atoms with van der Waals surface area (Å²) in [5, 5.41) is 2.54. The molecule has 0 fully saturated rings. The summed E-state index contributed by atoms with van der Waals surface area (Å²) >= 11 is 0. The van der Waals surface area contributed by atoms with Gasteiger partial charge in [-0.15, -0.1) is 0 Å². The Kier molecular flexibility index (Phi) is 3.54.